The molecule has 4 heteroatoms. The minimum atomic E-state index is -0.206. The van der Waals surface area contributed by atoms with Crippen molar-refractivity contribution in [1.29, 1.82) is 5.26 Å². The fourth-order valence-corrected chi connectivity index (χ4v) is 3.62. The van der Waals surface area contributed by atoms with E-state index in [1.54, 1.807) is 0 Å². The molecule has 1 heterocycles. The van der Waals surface area contributed by atoms with Crippen LogP contribution in [0.4, 0.5) is 5.69 Å². The van der Waals surface area contributed by atoms with Crippen molar-refractivity contribution in [2.75, 3.05) is 18.0 Å². The molecule has 2 aromatic carbocycles. The molecule has 1 atom stereocenters. The Kier molecular flexibility index (Phi) is 4.71. The summed E-state index contributed by atoms with van der Waals surface area (Å²) >= 11 is 0. The second-order valence-electron chi connectivity index (χ2n) is 6.43. The number of benzene rings is 2. The van der Waals surface area contributed by atoms with Crippen LogP contribution in [-0.4, -0.2) is 25.2 Å². The van der Waals surface area contributed by atoms with Crippen LogP contribution < -0.4 is 4.90 Å². The summed E-state index contributed by atoms with van der Waals surface area (Å²) in [4.78, 5) is 13.5. The maximum atomic E-state index is 11.1. The first-order valence-electron chi connectivity index (χ1n) is 8.44. The van der Waals surface area contributed by atoms with Crippen molar-refractivity contribution in [1.82, 2.24) is 0 Å². The lowest BCUT2D eigenvalue weighted by molar-refractivity contribution is -0.148. The highest BCUT2D eigenvalue weighted by molar-refractivity contribution is 5.97. The number of fused-ring (bicyclic) bond motifs is 1. The Balaban J connectivity index is 1.79. The number of esters is 1. The van der Waals surface area contributed by atoms with E-state index in [1.807, 2.05) is 31.2 Å². The summed E-state index contributed by atoms with van der Waals surface area (Å²) in [5, 5.41) is 11.4. The van der Waals surface area contributed by atoms with Gasteiger partial charge in [0.15, 0.2) is 0 Å². The van der Waals surface area contributed by atoms with Gasteiger partial charge in [-0.25, -0.2) is 0 Å². The summed E-state index contributed by atoms with van der Waals surface area (Å²) in [7, 11) is 0. The van der Waals surface area contributed by atoms with Crippen LogP contribution in [0, 0.1) is 17.2 Å². The van der Waals surface area contributed by atoms with Crippen molar-refractivity contribution in [3.63, 3.8) is 0 Å². The number of carbonyl (C=O) groups excluding carboxylic acids is 1. The molecule has 0 saturated carbocycles. The van der Waals surface area contributed by atoms with Crippen molar-refractivity contribution in [2.45, 2.75) is 32.8 Å². The van der Waals surface area contributed by atoms with E-state index < -0.39 is 0 Å². The number of ether oxygens (including phenoxy) is 1. The number of hydrogen-bond acceptors (Lipinski definition) is 4. The Morgan fingerprint density at radius 2 is 1.88 bits per heavy atom. The van der Waals surface area contributed by atoms with E-state index in [-0.39, 0.29) is 12.1 Å². The first kappa shape index (κ1) is 16.3. The third kappa shape index (κ3) is 3.21. The summed E-state index contributed by atoms with van der Waals surface area (Å²) in [6.07, 6.45) is 1.98. The van der Waals surface area contributed by atoms with Crippen molar-refractivity contribution in [3.05, 3.63) is 42.0 Å². The molecular weight excluding hydrogens is 300 g/mol. The highest BCUT2D eigenvalue weighted by atomic mass is 16.5. The van der Waals surface area contributed by atoms with Crippen molar-refractivity contribution >= 4 is 22.4 Å². The van der Waals surface area contributed by atoms with Crippen LogP contribution in [0.3, 0.4) is 0 Å². The molecule has 1 aliphatic heterocycles. The average Bonchev–Trinajstić information content (AvgIpc) is 2.60. The summed E-state index contributed by atoms with van der Waals surface area (Å²) in [6.45, 7) is 5.33. The number of carbonyl (C=O) groups is 1. The largest absolute Gasteiger partial charge is 0.463 e. The van der Waals surface area contributed by atoms with Crippen molar-refractivity contribution in [3.8, 4) is 6.07 Å². The van der Waals surface area contributed by atoms with Gasteiger partial charge in [0, 0.05) is 36.5 Å². The number of nitrogens with zero attached hydrogens (tertiary/aromatic N) is 2. The third-order valence-corrected chi connectivity index (χ3v) is 4.92. The molecule has 0 bridgehead atoms. The predicted molar refractivity (Wildman–Crippen MR) is 94.8 cm³/mol. The monoisotopic (exact) mass is 322 g/mol. The second-order valence-corrected chi connectivity index (χ2v) is 6.43. The van der Waals surface area contributed by atoms with E-state index in [0.29, 0.717) is 11.5 Å². The van der Waals surface area contributed by atoms with Gasteiger partial charge in [-0.3, -0.25) is 4.79 Å². The molecule has 0 N–H and O–H groups in total. The lowest BCUT2D eigenvalue weighted by Gasteiger charge is -2.36. The van der Waals surface area contributed by atoms with E-state index in [4.69, 9.17) is 4.74 Å². The molecule has 1 aliphatic rings. The van der Waals surface area contributed by atoms with Gasteiger partial charge in [0.2, 0.25) is 0 Å². The molecule has 24 heavy (non-hydrogen) atoms. The van der Waals surface area contributed by atoms with Gasteiger partial charge in [-0.1, -0.05) is 24.3 Å². The Labute approximate surface area is 142 Å². The van der Waals surface area contributed by atoms with Crippen LogP contribution in [0.15, 0.2) is 36.4 Å². The number of piperidine rings is 1. The Morgan fingerprint density at radius 1 is 1.21 bits per heavy atom. The summed E-state index contributed by atoms with van der Waals surface area (Å²) in [6, 6.07) is 14.3. The topological polar surface area (TPSA) is 53.3 Å². The Hall–Kier alpha value is -2.54. The van der Waals surface area contributed by atoms with Crippen LogP contribution in [0.2, 0.25) is 0 Å². The molecule has 1 fully saturated rings. The Morgan fingerprint density at radius 3 is 2.50 bits per heavy atom. The SMILES string of the molecule is CC(=O)OC(C)C1CCN(c2ccc(C#N)c3ccccc23)CC1. The van der Waals surface area contributed by atoms with E-state index in [0.717, 1.165) is 36.7 Å². The van der Waals surface area contributed by atoms with Gasteiger partial charge in [0.25, 0.3) is 0 Å². The van der Waals surface area contributed by atoms with Gasteiger partial charge >= 0.3 is 5.97 Å². The van der Waals surface area contributed by atoms with E-state index in [9.17, 15) is 10.1 Å². The molecule has 1 saturated heterocycles. The van der Waals surface area contributed by atoms with Gasteiger partial charge < -0.3 is 9.64 Å². The minimum Gasteiger partial charge on any atom is -0.463 e. The predicted octanol–water partition coefficient (Wildman–Crippen LogP) is 3.88. The molecule has 0 spiro atoms. The molecule has 2 aromatic rings. The number of hydrogen-bond donors (Lipinski definition) is 0. The van der Waals surface area contributed by atoms with Crippen LogP contribution in [0.25, 0.3) is 10.8 Å². The normalized spacial score (nSPS) is 16.6. The molecule has 4 nitrogen and oxygen atoms in total. The van der Waals surface area contributed by atoms with E-state index >= 15 is 0 Å². The molecule has 1 unspecified atom stereocenters. The van der Waals surface area contributed by atoms with Gasteiger partial charge in [0.1, 0.15) is 6.10 Å². The number of anilines is 1. The molecular formula is C20H22N2O2. The van der Waals surface area contributed by atoms with Gasteiger partial charge in [-0.15, -0.1) is 0 Å². The molecule has 0 aliphatic carbocycles. The molecule has 0 amide bonds. The van der Waals surface area contributed by atoms with Crippen LogP contribution in [-0.2, 0) is 9.53 Å². The number of nitriles is 1. The third-order valence-electron chi connectivity index (χ3n) is 4.92. The standard InChI is InChI=1S/C20H22N2O2/c1-14(24-15(2)23)16-9-11-22(12-10-16)20-8-7-17(13-21)18-5-3-4-6-19(18)20/h3-8,14,16H,9-12H2,1-2H3. The lowest BCUT2D eigenvalue weighted by atomic mass is 9.91. The van der Waals surface area contributed by atoms with E-state index in [2.05, 4.69) is 23.1 Å². The fraction of sp³-hybridized carbons (Fsp3) is 0.400. The average molecular weight is 322 g/mol. The summed E-state index contributed by atoms with van der Waals surface area (Å²) < 4.78 is 5.34. The van der Waals surface area contributed by atoms with Gasteiger partial charge in [-0.05, 0) is 37.8 Å². The Bertz CT molecular complexity index is 786. The smallest absolute Gasteiger partial charge is 0.302 e. The quantitative estimate of drug-likeness (QED) is 0.805. The molecule has 124 valence electrons. The highest BCUT2D eigenvalue weighted by Gasteiger charge is 2.26. The van der Waals surface area contributed by atoms with Crippen molar-refractivity contribution < 1.29 is 9.53 Å². The maximum Gasteiger partial charge on any atom is 0.302 e. The van der Waals surface area contributed by atoms with Crippen molar-refractivity contribution in [2.24, 2.45) is 5.92 Å². The zero-order valence-corrected chi connectivity index (χ0v) is 14.2. The zero-order valence-electron chi connectivity index (χ0n) is 14.2. The summed E-state index contributed by atoms with van der Waals surface area (Å²) in [5.41, 5.74) is 1.90. The second kappa shape index (κ2) is 6.92. The highest BCUT2D eigenvalue weighted by Crippen LogP contribution is 2.33. The van der Waals surface area contributed by atoms with Crippen LogP contribution in [0.5, 0.6) is 0 Å². The van der Waals surface area contributed by atoms with Crippen LogP contribution in [0.1, 0.15) is 32.3 Å². The summed E-state index contributed by atoms with van der Waals surface area (Å²) in [5.74, 6) is 0.206. The fourth-order valence-electron chi connectivity index (χ4n) is 3.62. The number of rotatable bonds is 3. The lowest BCUT2D eigenvalue weighted by Crippen LogP contribution is -2.38. The zero-order chi connectivity index (χ0) is 17.1. The van der Waals surface area contributed by atoms with Gasteiger partial charge in [0.05, 0.1) is 11.6 Å². The maximum absolute atomic E-state index is 11.1. The van der Waals surface area contributed by atoms with E-state index in [1.165, 1.54) is 12.6 Å². The first-order chi connectivity index (χ1) is 11.6. The first-order valence-corrected chi connectivity index (χ1v) is 8.44. The molecule has 3 rings (SSSR count). The molecule has 0 aromatic heterocycles. The molecule has 0 radical (unpaired) electrons. The minimum absolute atomic E-state index is 0.0256. The van der Waals surface area contributed by atoms with Gasteiger partial charge in [-0.2, -0.15) is 5.26 Å². The van der Waals surface area contributed by atoms with Crippen LogP contribution >= 0.6 is 0 Å².